The molecule has 0 radical (unpaired) electrons. The third-order valence-corrected chi connectivity index (χ3v) is 5.03. The van der Waals surface area contributed by atoms with Crippen LogP contribution in [0.25, 0.3) is 0 Å². The zero-order valence-electron chi connectivity index (χ0n) is 15.5. The number of epoxide rings is 2. The second-order valence-corrected chi connectivity index (χ2v) is 6.94. The van der Waals surface area contributed by atoms with Gasteiger partial charge in [0.2, 0.25) is 0 Å². The fourth-order valence-electron chi connectivity index (χ4n) is 3.37. The molecule has 2 saturated heterocycles. The first-order valence-corrected chi connectivity index (χ1v) is 9.43. The van der Waals surface area contributed by atoms with Crippen molar-refractivity contribution in [2.75, 3.05) is 18.1 Å². The fraction of sp³-hybridized carbons (Fsp3) is 0.167. The van der Waals surface area contributed by atoms with E-state index in [1.54, 1.807) is 0 Å². The molecule has 2 aliphatic heterocycles. The fourth-order valence-corrected chi connectivity index (χ4v) is 3.37. The molecule has 0 saturated carbocycles. The molecule has 0 aromatic heterocycles. The third kappa shape index (κ3) is 3.52. The Morgan fingerprint density at radius 3 is 1.46 bits per heavy atom. The Balaban J connectivity index is 1.51. The number of hydrogen-bond donors (Lipinski definition) is 0. The van der Waals surface area contributed by atoms with Crippen molar-refractivity contribution in [1.29, 1.82) is 0 Å². The summed E-state index contributed by atoms with van der Waals surface area (Å²) in [5, 5.41) is 0. The normalized spacial score (nSPS) is 19.7. The van der Waals surface area contributed by atoms with E-state index in [0.29, 0.717) is 0 Å². The van der Waals surface area contributed by atoms with Crippen molar-refractivity contribution < 1.29 is 14.2 Å². The van der Waals surface area contributed by atoms with Crippen LogP contribution in [0, 0.1) is 0 Å². The summed E-state index contributed by atoms with van der Waals surface area (Å²) in [6, 6.07) is 25.1. The Kier molecular flexibility index (Phi) is 4.35. The zero-order valence-corrected chi connectivity index (χ0v) is 15.5. The number of ether oxygens (including phenoxy) is 3. The highest BCUT2D eigenvalue weighted by Gasteiger charge is 2.26. The van der Waals surface area contributed by atoms with Gasteiger partial charge in [0.25, 0.3) is 0 Å². The smallest absolute Gasteiger partial charge is 0.126 e. The highest BCUT2D eigenvalue weighted by Crippen LogP contribution is 2.38. The van der Waals surface area contributed by atoms with Crippen molar-refractivity contribution in [1.82, 2.24) is 0 Å². The SMILES string of the molecule is C=COc1ccc(N(c2ccc(C3CO3)cc2)c2ccc(C3CO3)cc2)cc1. The van der Waals surface area contributed by atoms with Gasteiger partial charge in [-0.25, -0.2) is 0 Å². The van der Waals surface area contributed by atoms with Gasteiger partial charge in [-0.15, -0.1) is 0 Å². The first kappa shape index (κ1) is 17.0. The molecule has 0 aliphatic carbocycles. The summed E-state index contributed by atoms with van der Waals surface area (Å²) >= 11 is 0. The standard InChI is InChI=1S/C24H21NO3/c1-2-26-22-13-11-21(12-14-22)25(19-7-3-17(4-8-19)23-15-27-23)20-9-5-18(6-10-20)24-16-28-24/h2-14,23-24H,1,15-16H2. The van der Waals surface area contributed by atoms with Gasteiger partial charge in [-0.1, -0.05) is 30.8 Å². The third-order valence-electron chi connectivity index (χ3n) is 5.03. The minimum Gasteiger partial charge on any atom is -0.466 e. The molecule has 3 aromatic rings. The number of nitrogens with zero attached hydrogens (tertiary/aromatic N) is 1. The number of benzene rings is 3. The summed E-state index contributed by atoms with van der Waals surface area (Å²) in [4.78, 5) is 2.23. The van der Waals surface area contributed by atoms with Crippen LogP contribution in [0.3, 0.4) is 0 Å². The van der Waals surface area contributed by atoms with Crippen LogP contribution in [0.1, 0.15) is 23.3 Å². The van der Waals surface area contributed by atoms with Crippen LogP contribution in [0.15, 0.2) is 85.6 Å². The maximum absolute atomic E-state index is 5.39. The minimum atomic E-state index is 0.260. The minimum absolute atomic E-state index is 0.260. The molecule has 3 aromatic carbocycles. The van der Waals surface area contributed by atoms with Crippen molar-refractivity contribution in [2.24, 2.45) is 0 Å². The van der Waals surface area contributed by atoms with E-state index in [9.17, 15) is 0 Å². The summed E-state index contributed by atoms with van der Waals surface area (Å²) in [5.74, 6) is 0.765. The van der Waals surface area contributed by atoms with E-state index < -0.39 is 0 Å². The molecule has 2 heterocycles. The van der Waals surface area contributed by atoms with Crippen LogP contribution in [0.2, 0.25) is 0 Å². The van der Waals surface area contributed by atoms with Crippen molar-refractivity contribution in [3.8, 4) is 5.75 Å². The number of anilines is 3. The summed E-state index contributed by atoms with van der Waals surface area (Å²) in [6.07, 6.45) is 1.95. The van der Waals surface area contributed by atoms with E-state index in [1.807, 2.05) is 12.1 Å². The van der Waals surface area contributed by atoms with Gasteiger partial charge in [0.15, 0.2) is 0 Å². The topological polar surface area (TPSA) is 37.5 Å². The maximum Gasteiger partial charge on any atom is 0.126 e. The highest BCUT2D eigenvalue weighted by atomic mass is 16.6. The van der Waals surface area contributed by atoms with Gasteiger partial charge in [0, 0.05) is 17.1 Å². The predicted molar refractivity (Wildman–Crippen MR) is 109 cm³/mol. The average Bonchev–Trinajstić information content (AvgIpc) is 3.64. The van der Waals surface area contributed by atoms with Crippen LogP contribution >= 0.6 is 0 Å². The molecule has 0 spiro atoms. The van der Waals surface area contributed by atoms with Crippen molar-refractivity contribution >= 4 is 17.1 Å². The maximum atomic E-state index is 5.39. The molecule has 140 valence electrons. The molecule has 0 amide bonds. The number of hydrogen-bond acceptors (Lipinski definition) is 4. The largest absolute Gasteiger partial charge is 0.466 e. The summed E-state index contributed by atoms with van der Waals surface area (Å²) in [5.41, 5.74) is 5.69. The molecule has 4 nitrogen and oxygen atoms in total. The van der Waals surface area contributed by atoms with Crippen LogP contribution in [-0.2, 0) is 9.47 Å². The van der Waals surface area contributed by atoms with Gasteiger partial charge < -0.3 is 19.1 Å². The average molecular weight is 371 g/mol. The molecule has 0 bridgehead atoms. The van der Waals surface area contributed by atoms with Gasteiger partial charge in [0.05, 0.1) is 19.5 Å². The Bertz CT molecular complexity index is 901. The van der Waals surface area contributed by atoms with E-state index >= 15 is 0 Å². The molecule has 4 heteroatoms. The molecule has 2 aliphatic rings. The number of rotatable bonds is 7. The Hall–Kier alpha value is -3.08. The summed E-state index contributed by atoms with van der Waals surface area (Å²) in [6.45, 7) is 5.25. The van der Waals surface area contributed by atoms with E-state index in [1.165, 1.54) is 17.4 Å². The first-order valence-electron chi connectivity index (χ1n) is 9.43. The lowest BCUT2D eigenvalue weighted by atomic mass is 10.1. The molecule has 5 rings (SSSR count). The second-order valence-electron chi connectivity index (χ2n) is 6.94. The monoisotopic (exact) mass is 371 g/mol. The quantitative estimate of drug-likeness (QED) is 0.387. The van der Waals surface area contributed by atoms with Gasteiger partial charge >= 0.3 is 0 Å². The summed E-state index contributed by atoms with van der Waals surface area (Å²) in [7, 11) is 0. The van der Waals surface area contributed by atoms with Crippen LogP contribution < -0.4 is 9.64 Å². The molecule has 0 N–H and O–H groups in total. The van der Waals surface area contributed by atoms with Crippen molar-refractivity contribution in [3.63, 3.8) is 0 Å². The van der Waals surface area contributed by atoms with Gasteiger partial charge in [-0.2, -0.15) is 0 Å². The van der Waals surface area contributed by atoms with Crippen LogP contribution in [0.4, 0.5) is 17.1 Å². The first-order chi connectivity index (χ1) is 13.8. The molecule has 2 atom stereocenters. The molecule has 2 fully saturated rings. The van der Waals surface area contributed by atoms with E-state index in [-0.39, 0.29) is 12.2 Å². The Labute approximate surface area is 164 Å². The van der Waals surface area contributed by atoms with Gasteiger partial charge in [0.1, 0.15) is 18.0 Å². The highest BCUT2D eigenvalue weighted by molar-refractivity contribution is 5.77. The lowest BCUT2D eigenvalue weighted by molar-refractivity contribution is 0.415. The van der Waals surface area contributed by atoms with Gasteiger partial charge in [-0.3, -0.25) is 0 Å². The van der Waals surface area contributed by atoms with Crippen LogP contribution in [-0.4, -0.2) is 13.2 Å². The molecular formula is C24H21NO3. The molecule has 28 heavy (non-hydrogen) atoms. The lowest BCUT2D eigenvalue weighted by Crippen LogP contribution is -2.10. The second kappa shape index (κ2) is 7.15. The Morgan fingerprint density at radius 1 is 0.714 bits per heavy atom. The summed E-state index contributed by atoms with van der Waals surface area (Å²) < 4.78 is 16.2. The van der Waals surface area contributed by atoms with Gasteiger partial charge in [-0.05, 0) is 59.7 Å². The Morgan fingerprint density at radius 2 is 1.11 bits per heavy atom. The predicted octanol–water partition coefficient (Wildman–Crippen LogP) is 5.82. The molecular weight excluding hydrogens is 350 g/mol. The van der Waals surface area contributed by atoms with E-state index in [2.05, 4.69) is 72.1 Å². The molecule has 2 unspecified atom stereocenters. The lowest BCUT2D eigenvalue weighted by Gasteiger charge is -2.26. The van der Waals surface area contributed by atoms with Crippen molar-refractivity contribution in [3.05, 3.63) is 96.8 Å². The van der Waals surface area contributed by atoms with Crippen LogP contribution in [0.5, 0.6) is 5.75 Å². The zero-order chi connectivity index (χ0) is 18.9. The van der Waals surface area contributed by atoms with E-state index in [0.717, 1.165) is 36.0 Å². The van der Waals surface area contributed by atoms with Crippen molar-refractivity contribution in [2.45, 2.75) is 12.2 Å². The van der Waals surface area contributed by atoms with E-state index in [4.69, 9.17) is 14.2 Å².